The highest BCUT2D eigenvalue weighted by Gasteiger charge is 2.58. The lowest BCUT2D eigenvalue weighted by Crippen LogP contribution is -2.39. The van der Waals surface area contributed by atoms with Crippen LogP contribution in [0.5, 0.6) is 0 Å². The summed E-state index contributed by atoms with van der Waals surface area (Å²) >= 11 is 0. The first kappa shape index (κ1) is 16.6. The minimum atomic E-state index is -0.499. The molecule has 0 spiro atoms. The molecule has 1 aliphatic heterocycles. The Morgan fingerprint density at radius 3 is 2.38 bits per heavy atom. The summed E-state index contributed by atoms with van der Waals surface area (Å²) < 4.78 is 10.6. The number of piperidine rings is 1. The minimum absolute atomic E-state index is 0.109. The van der Waals surface area contributed by atoms with Crippen LogP contribution in [0, 0.1) is 11.8 Å². The number of carbonyl (C=O) groups excluding carboxylic acids is 2. The molecular weight excluding hydrogens is 308 g/mol. The number of ether oxygens (including phenoxy) is 2. The maximum atomic E-state index is 12.1. The van der Waals surface area contributed by atoms with E-state index in [-0.39, 0.29) is 24.8 Å². The van der Waals surface area contributed by atoms with Gasteiger partial charge in [0, 0.05) is 31.0 Å². The average molecular weight is 332 g/mol. The number of likely N-dealkylation sites (tertiary alicyclic amines) is 1. The van der Waals surface area contributed by atoms with Crippen molar-refractivity contribution in [1.29, 1.82) is 0 Å². The quantitative estimate of drug-likeness (QED) is 0.924. The van der Waals surface area contributed by atoms with Crippen molar-refractivity contribution in [3.05, 3.63) is 35.9 Å². The molecule has 0 bridgehead atoms. The molecule has 1 heterocycles. The number of carbonyl (C=O) groups is 2. The number of amides is 2. The monoisotopic (exact) mass is 332 g/mol. The van der Waals surface area contributed by atoms with Crippen LogP contribution < -0.4 is 5.32 Å². The van der Waals surface area contributed by atoms with Gasteiger partial charge in [-0.3, -0.25) is 0 Å². The maximum Gasteiger partial charge on any atom is 0.410 e. The first-order valence-electron chi connectivity index (χ1n) is 8.28. The van der Waals surface area contributed by atoms with Crippen molar-refractivity contribution in [3.63, 3.8) is 0 Å². The summed E-state index contributed by atoms with van der Waals surface area (Å²) in [7, 11) is 0. The maximum absolute atomic E-state index is 12.1. The first-order valence-corrected chi connectivity index (χ1v) is 8.28. The van der Waals surface area contributed by atoms with Crippen LogP contribution in [0.25, 0.3) is 0 Å². The molecule has 6 nitrogen and oxygen atoms in total. The van der Waals surface area contributed by atoms with Crippen molar-refractivity contribution in [3.8, 4) is 0 Å². The van der Waals surface area contributed by atoms with E-state index in [0.717, 1.165) is 5.56 Å². The van der Waals surface area contributed by atoms with Crippen molar-refractivity contribution < 1.29 is 19.1 Å². The van der Waals surface area contributed by atoms with Crippen molar-refractivity contribution in [2.24, 2.45) is 11.8 Å². The number of nitrogens with one attached hydrogen (secondary N) is 1. The van der Waals surface area contributed by atoms with E-state index in [1.54, 1.807) is 4.90 Å². The van der Waals surface area contributed by atoms with E-state index in [1.165, 1.54) is 0 Å². The van der Waals surface area contributed by atoms with Gasteiger partial charge in [-0.05, 0) is 26.3 Å². The third-order valence-corrected chi connectivity index (χ3v) is 4.34. The summed E-state index contributed by atoms with van der Waals surface area (Å²) in [5.41, 5.74) is 0.473. The largest absolute Gasteiger partial charge is 0.445 e. The lowest BCUT2D eigenvalue weighted by Gasteiger charge is -2.22. The smallest absolute Gasteiger partial charge is 0.410 e. The lowest BCUT2D eigenvalue weighted by molar-refractivity contribution is 0.0513. The molecule has 1 aliphatic carbocycles. The van der Waals surface area contributed by atoms with Gasteiger partial charge in [0.25, 0.3) is 0 Å². The highest BCUT2D eigenvalue weighted by atomic mass is 16.6. The van der Waals surface area contributed by atoms with Crippen molar-refractivity contribution in [2.75, 3.05) is 13.1 Å². The zero-order valence-corrected chi connectivity index (χ0v) is 14.3. The molecule has 2 aliphatic rings. The van der Waals surface area contributed by atoms with E-state index in [4.69, 9.17) is 9.47 Å². The third-order valence-electron chi connectivity index (χ3n) is 4.34. The molecule has 1 saturated carbocycles. The molecule has 3 rings (SSSR count). The summed E-state index contributed by atoms with van der Waals surface area (Å²) in [4.78, 5) is 25.6. The normalized spacial score (nSPS) is 25.0. The third kappa shape index (κ3) is 3.99. The van der Waals surface area contributed by atoms with Gasteiger partial charge in [0.2, 0.25) is 0 Å². The number of benzene rings is 1. The number of fused-ring (bicyclic) bond motifs is 1. The molecule has 1 aromatic carbocycles. The molecule has 1 aromatic rings. The summed E-state index contributed by atoms with van der Waals surface area (Å²) in [5, 5.41) is 2.89. The van der Waals surface area contributed by atoms with E-state index in [2.05, 4.69) is 5.32 Å². The van der Waals surface area contributed by atoms with Gasteiger partial charge in [0.05, 0.1) is 0 Å². The fourth-order valence-electron chi connectivity index (χ4n) is 3.14. The molecule has 6 heteroatoms. The summed E-state index contributed by atoms with van der Waals surface area (Å²) in [6, 6.07) is 9.72. The highest BCUT2D eigenvalue weighted by molar-refractivity contribution is 5.70. The number of alkyl carbamates (subject to hydrolysis) is 1. The topological polar surface area (TPSA) is 67.9 Å². The van der Waals surface area contributed by atoms with E-state index in [0.29, 0.717) is 24.9 Å². The van der Waals surface area contributed by atoms with Crippen molar-refractivity contribution in [2.45, 2.75) is 39.0 Å². The van der Waals surface area contributed by atoms with Gasteiger partial charge in [0.15, 0.2) is 0 Å². The van der Waals surface area contributed by atoms with Gasteiger partial charge in [-0.15, -0.1) is 0 Å². The molecule has 130 valence electrons. The number of rotatable bonds is 3. The second-order valence-corrected chi connectivity index (χ2v) is 7.44. The molecule has 0 radical (unpaired) electrons. The Hall–Kier alpha value is -2.24. The second kappa shape index (κ2) is 6.34. The summed E-state index contributed by atoms with van der Waals surface area (Å²) in [6.45, 7) is 7.04. The second-order valence-electron chi connectivity index (χ2n) is 7.44. The van der Waals surface area contributed by atoms with Crippen LogP contribution in [0.3, 0.4) is 0 Å². The van der Waals surface area contributed by atoms with Crippen LogP contribution in [-0.4, -0.2) is 41.8 Å². The SMILES string of the molecule is CC(C)(C)OC(=O)NC1[C@H]2CN(C(=O)OCc3ccccc3)C[C@@H]12. The Labute approximate surface area is 142 Å². The predicted molar refractivity (Wildman–Crippen MR) is 88.3 cm³/mol. The van der Waals surface area contributed by atoms with Gasteiger partial charge in [-0.2, -0.15) is 0 Å². The number of hydrogen-bond donors (Lipinski definition) is 1. The summed E-state index contributed by atoms with van der Waals surface area (Å²) in [5.74, 6) is 0.614. The van der Waals surface area contributed by atoms with Crippen LogP contribution in [0.4, 0.5) is 9.59 Å². The molecule has 0 aromatic heterocycles. The molecule has 1 N–H and O–H groups in total. The molecule has 1 saturated heterocycles. The fourth-order valence-corrected chi connectivity index (χ4v) is 3.14. The molecule has 2 fully saturated rings. The van der Waals surface area contributed by atoms with E-state index < -0.39 is 5.60 Å². The molecule has 3 atom stereocenters. The van der Waals surface area contributed by atoms with Crippen molar-refractivity contribution in [1.82, 2.24) is 10.2 Å². The predicted octanol–water partition coefficient (Wildman–Crippen LogP) is 2.78. The van der Waals surface area contributed by atoms with Gasteiger partial charge in [-0.1, -0.05) is 30.3 Å². The van der Waals surface area contributed by atoms with Crippen LogP contribution >= 0.6 is 0 Å². The average Bonchev–Trinajstić information content (AvgIpc) is 2.95. The van der Waals surface area contributed by atoms with Gasteiger partial charge in [-0.25, -0.2) is 9.59 Å². The van der Waals surface area contributed by atoms with E-state index in [9.17, 15) is 9.59 Å². The first-order chi connectivity index (χ1) is 11.3. The zero-order chi connectivity index (χ0) is 17.3. The Morgan fingerprint density at radius 2 is 1.79 bits per heavy atom. The fraction of sp³-hybridized carbons (Fsp3) is 0.556. The zero-order valence-electron chi connectivity index (χ0n) is 14.3. The molecule has 2 amide bonds. The molecular formula is C18H24N2O4. The van der Waals surface area contributed by atoms with Crippen LogP contribution in [-0.2, 0) is 16.1 Å². The van der Waals surface area contributed by atoms with Gasteiger partial charge >= 0.3 is 12.2 Å². The molecule has 24 heavy (non-hydrogen) atoms. The lowest BCUT2D eigenvalue weighted by atomic mass is 10.2. The van der Waals surface area contributed by atoms with Gasteiger partial charge in [0.1, 0.15) is 12.2 Å². The van der Waals surface area contributed by atoms with Crippen molar-refractivity contribution >= 4 is 12.2 Å². The Kier molecular flexibility index (Phi) is 4.39. The van der Waals surface area contributed by atoms with E-state index >= 15 is 0 Å². The number of nitrogens with zero attached hydrogens (tertiary/aromatic N) is 1. The summed E-state index contributed by atoms with van der Waals surface area (Å²) in [6.07, 6.45) is -0.679. The van der Waals surface area contributed by atoms with E-state index in [1.807, 2.05) is 51.1 Å². The minimum Gasteiger partial charge on any atom is -0.445 e. The van der Waals surface area contributed by atoms with Gasteiger partial charge < -0.3 is 19.7 Å². The van der Waals surface area contributed by atoms with Crippen LogP contribution in [0.15, 0.2) is 30.3 Å². The van der Waals surface area contributed by atoms with Crippen LogP contribution in [0.1, 0.15) is 26.3 Å². The van der Waals surface area contributed by atoms with Crippen LogP contribution in [0.2, 0.25) is 0 Å². The Balaban J connectivity index is 1.39. The Bertz CT molecular complexity index is 599. The Morgan fingerprint density at radius 1 is 1.17 bits per heavy atom. The molecule has 1 unspecified atom stereocenters. The highest BCUT2D eigenvalue weighted by Crippen LogP contribution is 2.45. The number of hydrogen-bond acceptors (Lipinski definition) is 4. The standard InChI is InChI=1S/C18H24N2O4/c1-18(2,3)24-16(21)19-15-13-9-20(10-14(13)15)17(22)23-11-12-7-5-4-6-8-12/h4-8,13-15H,9-11H2,1-3H3,(H,19,21)/t13-,14+,15?.